The van der Waals surface area contributed by atoms with E-state index in [1.165, 1.54) is 18.4 Å². The Kier molecular flexibility index (Phi) is 5.30. The van der Waals surface area contributed by atoms with Crippen LogP contribution in [0.2, 0.25) is 0 Å². The van der Waals surface area contributed by atoms with Crippen LogP contribution in [0.1, 0.15) is 39.5 Å². The SMILES string of the molecule is CCOC(=O)N1CCc2c(sc3c2C(=O)N[C@H](c2cc(Br)cc(OC)c2O)N3)C1. The molecule has 0 unspecified atom stereocenters. The van der Waals surface area contributed by atoms with Crippen molar-refractivity contribution in [2.45, 2.75) is 26.1 Å². The number of ether oxygens (including phenoxy) is 2. The minimum Gasteiger partial charge on any atom is -0.504 e. The largest absolute Gasteiger partial charge is 0.504 e. The Bertz CT molecular complexity index is 993. The topological polar surface area (TPSA) is 100 Å². The third-order valence-corrected chi connectivity index (χ3v) is 6.57. The van der Waals surface area contributed by atoms with Gasteiger partial charge in [-0.15, -0.1) is 11.3 Å². The first-order valence-corrected chi connectivity index (χ1v) is 10.7. The van der Waals surface area contributed by atoms with E-state index in [1.807, 2.05) is 0 Å². The van der Waals surface area contributed by atoms with Crippen molar-refractivity contribution in [3.05, 3.63) is 38.2 Å². The fraction of sp³-hybridized carbons (Fsp3) is 0.368. The molecule has 1 atom stereocenters. The van der Waals surface area contributed by atoms with Crippen molar-refractivity contribution < 1.29 is 24.2 Å². The van der Waals surface area contributed by atoms with Gasteiger partial charge >= 0.3 is 6.09 Å². The molecule has 0 saturated heterocycles. The van der Waals surface area contributed by atoms with E-state index in [9.17, 15) is 14.7 Å². The standard InChI is InChI=1S/C19H20BrN3O5S/c1-3-28-19(26)23-5-4-10-13(8-23)29-18-14(10)17(25)21-16(22-18)11-6-9(20)7-12(27-2)15(11)24/h6-7,16,22,24H,3-5,8H2,1-2H3,(H,21,25)/t16-/m0/s1. The molecule has 3 N–H and O–H groups in total. The molecule has 0 radical (unpaired) electrons. The molecular formula is C19H20BrN3O5S. The van der Waals surface area contributed by atoms with Crippen LogP contribution < -0.4 is 15.4 Å². The first-order valence-electron chi connectivity index (χ1n) is 9.13. The maximum Gasteiger partial charge on any atom is 0.410 e. The van der Waals surface area contributed by atoms with Crippen molar-refractivity contribution >= 4 is 44.3 Å². The minimum absolute atomic E-state index is 0.0354. The summed E-state index contributed by atoms with van der Waals surface area (Å²) >= 11 is 4.86. The molecule has 0 fully saturated rings. The van der Waals surface area contributed by atoms with Gasteiger partial charge in [0.1, 0.15) is 11.2 Å². The van der Waals surface area contributed by atoms with Crippen LogP contribution in [0.25, 0.3) is 0 Å². The Morgan fingerprint density at radius 3 is 2.93 bits per heavy atom. The zero-order chi connectivity index (χ0) is 20.7. The van der Waals surface area contributed by atoms with Gasteiger partial charge in [0.2, 0.25) is 0 Å². The summed E-state index contributed by atoms with van der Waals surface area (Å²) in [6.07, 6.45) is -0.357. The second-order valence-electron chi connectivity index (χ2n) is 6.68. The van der Waals surface area contributed by atoms with E-state index in [-0.39, 0.29) is 17.7 Å². The highest BCUT2D eigenvalue weighted by Gasteiger charge is 2.35. The smallest absolute Gasteiger partial charge is 0.410 e. The molecule has 0 bridgehead atoms. The molecule has 0 spiro atoms. The van der Waals surface area contributed by atoms with E-state index in [0.29, 0.717) is 43.0 Å². The number of benzene rings is 1. The summed E-state index contributed by atoms with van der Waals surface area (Å²) in [5.74, 6) is 0.0720. The second kappa shape index (κ2) is 7.75. The van der Waals surface area contributed by atoms with Crippen LogP contribution in [-0.4, -0.2) is 42.3 Å². The maximum absolute atomic E-state index is 12.9. The predicted molar refractivity (Wildman–Crippen MR) is 112 cm³/mol. The molecule has 0 aliphatic carbocycles. The van der Waals surface area contributed by atoms with Crippen molar-refractivity contribution in [2.75, 3.05) is 25.6 Å². The number of halogens is 1. The Balaban J connectivity index is 1.64. The minimum atomic E-state index is -0.609. The van der Waals surface area contributed by atoms with Crippen molar-refractivity contribution in [3.63, 3.8) is 0 Å². The first kappa shape index (κ1) is 19.8. The zero-order valence-electron chi connectivity index (χ0n) is 15.9. The summed E-state index contributed by atoms with van der Waals surface area (Å²) in [6, 6.07) is 3.39. The van der Waals surface area contributed by atoms with Crippen molar-refractivity contribution in [1.82, 2.24) is 10.2 Å². The molecular weight excluding hydrogens is 462 g/mol. The molecule has 29 heavy (non-hydrogen) atoms. The third kappa shape index (κ3) is 3.51. The van der Waals surface area contributed by atoms with E-state index in [1.54, 1.807) is 24.0 Å². The number of methoxy groups -OCH3 is 1. The van der Waals surface area contributed by atoms with Crippen LogP contribution in [0, 0.1) is 0 Å². The number of hydrogen-bond acceptors (Lipinski definition) is 7. The summed E-state index contributed by atoms with van der Waals surface area (Å²) in [4.78, 5) is 27.6. The molecule has 1 aromatic heterocycles. The Morgan fingerprint density at radius 2 is 2.21 bits per heavy atom. The van der Waals surface area contributed by atoms with Crippen LogP contribution in [0.5, 0.6) is 11.5 Å². The lowest BCUT2D eigenvalue weighted by atomic mass is 10.0. The van der Waals surface area contributed by atoms with Gasteiger partial charge in [0.25, 0.3) is 5.91 Å². The number of amides is 2. The number of phenols is 1. The number of nitrogens with zero attached hydrogens (tertiary/aromatic N) is 1. The lowest BCUT2D eigenvalue weighted by molar-refractivity contribution is 0.0933. The third-order valence-electron chi connectivity index (χ3n) is 4.96. The van der Waals surface area contributed by atoms with Gasteiger partial charge in [-0.25, -0.2) is 4.79 Å². The summed E-state index contributed by atoms with van der Waals surface area (Å²) in [5.41, 5.74) is 2.08. The van der Waals surface area contributed by atoms with Gasteiger partial charge in [-0.05, 0) is 31.0 Å². The average molecular weight is 482 g/mol. The fourth-order valence-electron chi connectivity index (χ4n) is 3.61. The lowest BCUT2D eigenvalue weighted by Crippen LogP contribution is -2.39. The number of thiophene rings is 1. The molecule has 8 nitrogen and oxygen atoms in total. The molecule has 2 aliphatic rings. The molecule has 4 rings (SSSR count). The van der Waals surface area contributed by atoms with Gasteiger partial charge in [-0.3, -0.25) is 4.79 Å². The highest BCUT2D eigenvalue weighted by atomic mass is 79.9. The Labute approximate surface area is 179 Å². The number of carbonyl (C=O) groups excluding carboxylic acids is 2. The van der Waals surface area contributed by atoms with Gasteiger partial charge < -0.3 is 30.1 Å². The Hall–Kier alpha value is -2.46. The quantitative estimate of drug-likeness (QED) is 0.619. The van der Waals surface area contributed by atoms with Crippen LogP contribution in [0.3, 0.4) is 0 Å². The molecule has 10 heteroatoms. The number of aromatic hydroxyl groups is 1. The molecule has 0 saturated carbocycles. The summed E-state index contributed by atoms with van der Waals surface area (Å²) in [7, 11) is 1.47. The number of fused-ring (bicyclic) bond motifs is 3. The van der Waals surface area contributed by atoms with Crippen LogP contribution in [0.4, 0.5) is 9.80 Å². The van der Waals surface area contributed by atoms with Crippen LogP contribution >= 0.6 is 27.3 Å². The van der Waals surface area contributed by atoms with Gasteiger partial charge in [0, 0.05) is 21.5 Å². The molecule has 2 amide bonds. The van der Waals surface area contributed by atoms with Gasteiger partial charge in [-0.1, -0.05) is 15.9 Å². The molecule has 2 aromatic rings. The number of carbonyl (C=O) groups is 2. The summed E-state index contributed by atoms with van der Waals surface area (Å²) in [6.45, 7) is 3.03. The van der Waals surface area contributed by atoms with Gasteiger partial charge in [-0.2, -0.15) is 0 Å². The van der Waals surface area contributed by atoms with E-state index in [4.69, 9.17) is 9.47 Å². The van der Waals surface area contributed by atoms with Crippen LogP contribution in [-0.2, 0) is 17.7 Å². The summed E-state index contributed by atoms with van der Waals surface area (Å²) < 4.78 is 11.0. The van der Waals surface area contributed by atoms with Crippen molar-refractivity contribution in [1.29, 1.82) is 0 Å². The predicted octanol–water partition coefficient (Wildman–Crippen LogP) is 3.59. The van der Waals surface area contributed by atoms with E-state index >= 15 is 0 Å². The van der Waals surface area contributed by atoms with E-state index < -0.39 is 6.17 Å². The fourth-order valence-corrected chi connectivity index (χ4v) is 5.36. The van der Waals surface area contributed by atoms with E-state index in [0.717, 1.165) is 19.9 Å². The van der Waals surface area contributed by atoms with Crippen molar-refractivity contribution in [2.24, 2.45) is 0 Å². The molecule has 1 aromatic carbocycles. The highest BCUT2D eigenvalue weighted by molar-refractivity contribution is 9.10. The zero-order valence-corrected chi connectivity index (χ0v) is 18.3. The number of anilines is 1. The number of rotatable bonds is 3. The number of hydrogen-bond donors (Lipinski definition) is 3. The molecule has 3 heterocycles. The number of nitrogens with one attached hydrogen (secondary N) is 2. The lowest BCUT2D eigenvalue weighted by Gasteiger charge is -2.28. The first-order chi connectivity index (χ1) is 13.9. The normalized spacial score (nSPS) is 17.7. The van der Waals surface area contributed by atoms with E-state index in [2.05, 4.69) is 26.6 Å². The highest BCUT2D eigenvalue weighted by Crippen LogP contribution is 2.43. The van der Waals surface area contributed by atoms with Gasteiger partial charge in [0.05, 0.1) is 25.8 Å². The average Bonchev–Trinajstić information content (AvgIpc) is 3.07. The number of phenolic OH excluding ortho intramolecular Hbond substituents is 1. The summed E-state index contributed by atoms with van der Waals surface area (Å²) in [5, 5.41) is 17.5. The Morgan fingerprint density at radius 1 is 1.41 bits per heavy atom. The maximum atomic E-state index is 12.9. The molecule has 2 aliphatic heterocycles. The second-order valence-corrected chi connectivity index (χ2v) is 8.70. The van der Waals surface area contributed by atoms with Crippen molar-refractivity contribution in [3.8, 4) is 11.5 Å². The monoisotopic (exact) mass is 481 g/mol. The van der Waals surface area contributed by atoms with Gasteiger partial charge in [0.15, 0.2) is 11.5 Å². The molecule has 154 valence electrons. The van der Waals surface area contributed by atoms with Crippen LogP contribution in [0.15, 0.2) is 16.6 Å².